The highest BCUT2D eigenvalue weighted by Gasteiger charge is 2.30. The molecule has 3 N–H and O–H groups in total. The molecule has 0 aromatic heterocycles. The van der Waals surface area contributed by atoms with Gasteiger partial charge in [0.05, 0.1) is 5.56 Å². The molecule has 6 heteroatoms. The first kappa shape index (κ1) is 15.5. The summed E-state index contributed by atoms with van der Waals surface area (Å²) in [6.07, 6.45) is -4.40. The third-order valence-electron chi connectivity index (χ3n) is 3.05. The van der Waals surface area contributed by atoms with Crippen molar-refractivity contribution in [1.82, 2.24) is 5.32 Å². The summed E-state index contributed by atoms with van der Waals surface area (Å²) in [6, 6.07) is 3.78. The van der Waals surface area contributed by atoms with E-state index in [-0.39, 0.29) is 11.6 Å². The number of nitrogens with two attached hydrogens (primary N) is 1. The summed E-state index contributed by atoms with van der Waals surface area (Å²) >= 11 is 0. The molecule has 0 heterocycles. The van der Waals surface area contributed by atoms with Crippen molar-refractivity contribution < 1.29 is 18.0 Å². The molecule has 0 aliphatic heterocycles. The summed E-state index contributed by atoms with van der Waals surface area (Å²) in [4.78, 5) is 11.9. The van der Waals surface area contributed by atoms with Crippen LogP contribution in [0, 0.1) is 0 Å². The van der Waals surface area contributed by atoms with E-state index in [4.69, 9.17) is 5.73 Å². The van der Waals surface area contributed by atoms with Crippen LogP contribution in [0.4, 0.5) is 13.2 Å². The van der Waals surface area contributed by atoms with Crippen LogP contribution in [0.3, 0.4) is 0 Å². The highest BCUT2D eigenvalue weighted by Crippen LogP contribution is 2.29. The monoisotopic (exact) mass is 274 g/mol. The normalized spacial score (nSPS) is 14.1. The standard InChI is InChI=1S/C13H17F3N2O/c1-8(17)12(2,3)18-11(19)9-4-6-10(7-5-9)13(14,15)16/h4-8H,17H2,1-3H3,(H,18,19). The van der Waals surface area contributed by atoms with Gasteiger partial charge in [0.1, 0.15) is 0 Å². The lowest BCUT2D eigenvalue weighted by atomic mass is 9.96. The minimum absolute atomic E-state index is 0.168. The molecule has 0 saturated carbocycles. The zero-order valence-corrected chi connectivity index (χ0v) is 11.0. The molecule has 0 saturated heterocycles. The van der Waals surface area contributed by atoms with Gasteiger partial charge in [-0.3, -0.25) is 4.79 Å². The maximum absolute atomic E-state index is 12.4. The van der Waals surface area contributed by atoms with E-state index >= 15 is 0 Å². The molecule has 3 nitrogen and oxygen atoms in total. The first-order valence-corrected chi connectivity index (χ1v) is 5.79. The average Bonchev–Trinajstić information content (AvgIpc) is 2.27. The van der Waals surface area contributed by atoms with E-state index in [0.29, 0.717) is 0 Å². The number of alkyl halides is 3. The lowest BCUT2D eigenvalue weighted by Crippen LogP contribution is -2.54. The molecule has 1 rings (SSSR count). The number of hydrogen-bond acceptors (Lipinski definition) is 2. The van der Waals surface area contributed by atoms with Gasteiger partial charge in [0.2, 0.25) is 0 Å². The van der Waals surface area contributed by atoms with Crippen LogP contribution in [0.15, 0.2) is 24.3 Å². The molecule has 1 amide bonds. The Hall–Kier alpha value is -1.56. The summed E-state index contributed by atoms with van der Waals surface area (Å²) in [5, 5.41) is 2.69. The number of amides is 1. The molecular weight excluding hydrogens is 257 g/mol. The largest absolute Gasteiger partial charge is 0.416 e. The van der Waals surface area contributed by atoms with Gasteiger partial charge in [-0.2, -0.15) is 13.2 Å². The number of carbonyl (C=O) groups excluding carboxylic acids is 1. The second kappa shape index (κ2) is 5.21. The number of rotatable bonds is 3. The minimum Gasteiger partial charge on any atom is -0.346 e. The Morgan fingerprint density at radius 3 is 2.05 bits per heavy atom. The molecule has 1 atom stereocenters. The van der Waals surface area contributed by atoms with E-state index in [0.717, 1.165) is 24.3 Å². The summed E-state index contributed by atoms with van der Waals surface area (Å²) in [5.41, 5.74) is 4.46. The number of nitrogens with one attached hydrogen (secondary N) is 1. The van der Waals surface area contributed by atoms with Crippen molar-refractivity contribution in [3.05, 3.63) is 35.4 Å². The molecule has 19 heavy (non-hydrogen) atoms. The van der Waals surface area contributed by atoms with E-state index in [9.17, 15) is 18.0 Å². The first-order chi connectivity index (χ1) is 8.54. The van der Waals surface area contributed by atoms with Crippen LogP contribution in [0.1, 0.15) is 36.7 Å². The zero-order chi connectivity index (χ0) is 14.8. The van der Waals surface area contributed by atoms with Gasteiger partial charge in [-0.15, -0.1) is 0 Å². The number of hydrogen-bond donors (Lipinski definition) is 2. The topological polar surface area (TPSA) is 55.1 Å². The number of benzene rings is 1. The maximum Gasteiger partial charge on any atom is 0.416 e. The summed E-state index contributed by atoms with van der Waals surface area (Å²) < 4.78 is 37.1. The highest BCUT2D eigenvalue weighted by atomic mass is 19.4. The second-order valence-electron chi connectivity index (χ2n) is 5.04. The molecule has 1 aromatic carbocycles. The van der Waals surface area contributed by atoms with Crippen molar-refractivity contribution in [2.24, 2.45) is 5.73 Å². The van der Waals surface area contributed by atoms with Crippen LogP contribution in [-0.4, -0.2) is 17.5 Å². The maximum atomic E-state index is 12.4. The van der Waals surface area contributed by atoms with E-state index in [1.807, 2.05) is 0 Å². The summed E-state index contributed by atoms with van der Waals surface area (Å²) in [5.74, 6) is -0.448. The van der Waals surface area contributed by atoms with Crippen molar-refractivity contribution in [1.29, 1.82) is 0 Å². The fraction of sp³-hybridized carbons (Fsp3) is 0.462. The quantitative estimate of drug-likeness (QED) is 0.890. The Bertz CT molecular complexity index is 450. The van der Waals surface area contributed by atoms with Crippen LogP contribution in [0.25, 0.3) is 0 Å². The Balaban J connectivity index is 2.85. The van der Waals surface area contributed by atoms with Crippen molar-refractivity contribution in [3.8, 4) is 0 Å². The fourth-order valence-electron chi connectivity index (χ4n) is 1.29. The third kappa shape index (κ3) is 3.96. The van der Waals surface area contributed by atoms with Gasteiger partial charge < -0.3 is 11.1 Å². The van der Waals surface area contributed by atoms with Crippen LogP contribution in [0.2, 0.25) is 0 Å². The van der Waals surface area contributed by atoms with E-state index < -0.39 is 23.2 Å². The molecule has 1 aromatic rings. The smallest absolute Gasteiger partial charge is 0.346 e. The second-order valence-corrected chi connectivity index (χ2v) is 5.04. The van der Waals surface area contributed by atoms with Gasteiger partial charge in [0.15, 0.2) is 0 Å². The SMILES string of the molecule is CC(N)C(C)(C)NC(=O)c1ccc(C(F)(F)F)cc1. The Morgan fingerprint density at radius 1 is 1.21 bits per heavy atom. The predicted molar refractivity (Wildman–Crippen MR) is 66.6 cm³/mol. The van der Waals surface area contributed by atoms with Crippen molar-refractivity contribution in [2.45, 2.75) is 38.5 Å². The first-order valence-electron chi connectivity index (χ1n) is 5.79. The Labute approximate surface area is 110 Å². The summed E-state index contributed by atoms with van der Waals surface area (Å²) in [7, 11) is 0. The van der Waals surface area contributed by atoms with Crippen molar-refractivity contribution in [2.75, 3.05) is 0 Å². The van der Waals surface area contributed by atoms with Gasteiger partial charge in [-0.05, 0) is 45.0 Å². The van der Waals surface area contributed by atoms with Crippen LogP contribution < -0.4 is 11.1 Å². The zero-order valence-electron chi connectivity index (χ0n) is 11.0. The van der Waals surface area contributed by atoms with Gasteiger partial charge in [0, 0.05) is 17.1 Å². The molecule has 1 unspecified atom stereocenters. The number of carbonyl (C=O) groups is 1. The molecule has 106 valence electrons. The van der Waals surface area contributed by atoms with E-state index in [1.165, 1.54) is 0 Å². The van der Waals surface area contributed by atoms with Crippen molar-refractivity contribution >= 4 is 5.91 Å². The van der Waals surface area contributed by atoms with Crippen LogP contribution in [0.5, 0.6) is 0 Å². The molecule has 0 radical (unpaired) electrons. The van der Waals surface area contributed by atoms with Crippen molar-refractivity contribution in [3.63, 3.8) is 0 Å². The Kier molecular flexibility index (Phi) is 4.25. The number of halogens is 3. The lowest BCUT2D eigenvalue weighted by molar-refractivity contribution is -0.137. The molecule has 0 fully saturated rings. The average molecular weight is 274 g/mol. The third-order valence-corrected chi connectivity index (χ3v) is 3.05. The molecular formula is C13H17F3N2O. The van der Waals surface area contributed by atoms with Gasteiger partial charge in [-0.25, -0.2) is 0 Å². The fourth-order valence-corrected chi connectivity index (χ4v) is 1.29. The van der Waals surface area contributed by atoms with Crippen LogP contribution in [-0.2, 0) is 6.18 Å². The van der Waals surface area contributed by atoms with Gasteiger partial charge in [-0.1, -0.05) is 0 Å². The van der Waals surface area contributed by atoms with E-state index in [1.54, 1.807) is 20.8 Å². The minimum atomic E-state index is -4.40. The lowest BCUT2D eigenvalue weighted by Gasteiger charge is -2.30. The highest BCUT2D eigenvalue weighted by molar-refractivity contribution is 5.94. The predicted octanol–water partition coefficient (Wildman–Crippen LogP) is 2.56. The molecule has 0 aliphatic rings. The van der Waals surface area contributed by atoms with Gasteiger partial charge >= 0.3 is 6.18 Å². The molecule has 0 bridgehead atoms. The molecule has 0 aliphatic carbocycles. The van der Waals surface area contributed by atoms with Gasteiger partial charge in [0.25, 0.3) is 5.91 Å². The van der Waals surface area contributed by atoms with Crippen LogP contribution >= 0.6 is 0 Å². The molecule has 0 spiro atoms. The summed E-state index contributed by atoms with van der Waals surface area (Å²) in [6.45, 7) is 5.24. The Morgan fingerprint density at radius 2 is 1.68 bits per heavy atom. The van der Waals surface area contributed by atoms with E-state index in [2.05, 4.69) is 5.32 Å².